The van der Waals surface area contributed by atoms with Gasteiger partial charge in [-0.05, 0) is 35.9 Å². The van der Waals surface area contributed by atoms with Crippen LogP contribution < -0.4 is 19.5 Å². The van der Waals surface area contributed by atoms with E-state index in [1.165, 1.54) is 0 Å². The van der Waals surface area contributed by atoms with Crippen LogP contribution in [0.2, 0.25) is 0 Å². The van der Waals surface area contributed by atoms with Crippen LogP contribution in [0, 0.1) is 0 Å². The Balaban J connectivity index is 1.68. The fraction of sp³-hybridized carbons (Fsp3) is 0.235. The molecular weight excluding hydrogens is 280 g/mol. The molecule has 5 heteroatoms. The Labute approximate surface area is 129 Å². The predicted octanol–water partition coefficient (Wildman–Crippen LogP) is 2.99. The molecule has 1 N–H and O–H groups in total. The van der Waals surface area contributed by atoms with Gasteiger partial charge in [-0.2, -0.15) is 0 Å². The van der Waals surface area contributed by atoms with Gasteiger partial charge in [0.15, 0.2) is 0 Å². The van der Waals surface area contributed by atoms with Gasteiger partial charge in [0.2, 0.25) is 5.88 Å². The minimum atomic E-state index is 0.579. The summed E-state index contributed by atoms with van der Waals surface area (Å²) in [6.07, 6.45) is 3.88. The molecule has 5 nitrogen and oxygen atoms in total. The molecule has 0 unspecified atom stereocenters. The van der Waals surface area contributed by atoms with Crippen molar-refractivity contribution in [3.8, 4) is 17.4 Å². The number of fused-ring (bicyclic) bond motifs is 1. The van der Waals surface area contributed by atoms with Crippen LogP contribution in [0.5, 0.6) is 17.4 Å². The minimum absolute atomic E-state index is 0.579. The molecule has 3 rings (SSSR count). The third-order valence-corrected chi connectivity index (χ3v) is 3.45. The Morgan fingerprint density at radius 2 is 2.09 bits per heavy atom. The van der Waals surface area contributed by atoms with E-state index in [1.807, 2.05) is 30.3 Å². The second kappa shape index (κ2) is 6.39. The van der Waals surface area contributed by atoms with E-state index < -0.39 is 0 Å². The summed E-state index contributed by atoms with van der Waals surface area (Å²) in [5.74, 6) is 2.31. The summed E-state index contributed by atoms with van der Waals surface area (Å²) in [6.45, 7) is 1.28. The lowest BCUT2D eigenvalue weighted by molar-refractivity contribution is 0.344. The maximum atomic E-state index is 5.76. The van der Waals surface area contributed by atoms with E-state index in [0.29, 0.717) is 19.0 Å². The molecule has 0 saturated heterocycles. The first-order valence-corrected chi connectivity index (χ1v) is 7.02. The maximum Gasteiger partial charge on any atom is 0.213 e. The number of hydrogen-bond acceptors (Lipinski definition) is 5. The molecule has 0 aliphatic carbocycles. The van der Waals surface area contributed by atoms with Crippen LogP contribution in [-0.2, 0) is 0 Å². The molecule has 114 valence electrons. The highest BCUT2D eigenvalue weighted by Gasteiger charge is 2.12. The predicted molar refractivity (Wildman–Crippen MR) is 85.7 cm³/mol. The van der Waals surface area contributed by atoms with Gasteiger partial charge in [0, 0.05) is 18.2 Å². The molecule has 1 aromatic heterocycles. The largest absolute Gasteiger partial charge is 0.497 e. The number of pyridine rings is 1. The quantitative estimate of drug-likeness (QED) is 0.919. The topological polar surface area (TPSA) is 52.6 Å². The first kappa shape index (κ1) is 14.3. The highest BCUT2D eigenvalue weighted by molar-refractivity contribution is 5.65. The Morgan fingerprint density at radius 3 is 2.82 bits per heavy atom. The zero-order chi connectivity index (χ0) is 15.4. The van der Waals surface area contributed by atoms with Crippen molar-refractivity contribution in [1.82, 2.24) is 4.98 Å². The number of hydrogen-bond donors (Lipinski definition) is 1. The first-order chi connectivity index (χ1) is 10.8. The lowest BCUT2D eigenvalue weighted by atomic mass is 10.1. The zero-order valence-electron chi connectivity index (χ0n) is 12.6. The van der Waals surface area contributed by atoms with Gasteiger partial charge >= 0.3 is 0 Å². The van der Waals surface area contributed by atoms with Crippen LogP contribution in [0.25, 0.3) is 6.08 Å². The summed E-state index contributed by atoms with van der Waals surface area (Å²) in [5.41, 5.74) is 3.14. The SMILES string of the molecule is COc1ccc2c(c1)C=C(CNc1ccc(OC)nc1)CO2. The van der Waals surface area contributed by atoms with Crippen molar-refractivity contribution in [2.45, 2.75) is 0 Å². The van der Waals surface area contributed by atoms with Crippen LogP contribution in [0.15, 0.2) is 42.1 Å². The van der Waals surface area contributed by atoms with E-state index in [-0.39, 0.29) is 0 Å². The summed E-state index contributed by atoms with van der Waals surface area (Å²) in [6, 6.07) is 9.58. The molecule has 0 atom stereocenters. The van der Waals surface area contributed by atoms with Gasteiger partial charge in [-0.3, -0.25) is 0 Å². The smallest absolute Gasteiger partial charge is 0.213 e. The van der Waals surface area contributed by atoms with Gasteiger partial charge in [0.1, 0.15) is 18.1 Å². The van der Waals surface area contributed by atoms with Crippen molar-refractivity contribution >= 4 is 11.8 Å². The van der Waals surface area contributed by atoms with Gasteiger partial charge < -0.3 is 19.5 Å². The Kier molecular flexibility index (Phi) is 4.14. The molecule has 1 aromatic carbocycles. The number of anilines is 1. The fourth-order valence-corrected chi connectivity index (χ4v) is 2.25. The molecule has 1 aliphatic heterocycles. The zero-order valence-corrected chi connectivity index (χ0v) is 12.6. The number of ether oxygens (including phenoxy) is 3. The highest BCUT2D eigenvalue weighted by atomic mass is 16.5. The van der Waals surface area contributed by atoms with Crippen LogP contribution >= 0.6 is 0 Å². The Hall–Kier alpha value is -2.69. The first-order valence-electron chi connectivity index (χ1n) is 7.02. The molecule has 0 spiro atoms. The van der Waals surface area contributed by atoms with Crippen LogP contribution in [-0.4, -0.2) is 32.4 Å². The van der Waals surface area contributed by atoms with Gasteiger partial charge in [-0.25, -0.2) is 4.98 Å². The average molecular weight is 298 g/mol. The summed E-state index contributed by atoms with van der Waals surface area (Å²) in [4.78, 5) is 4.17. The van der Waals surface area contributed by atoms with Gasteiger partial charge in [0.25, 0.3) is 0 Å². The van der Waals surface area contributed by atoms with Crippen molar-refractivity contribution in [1.29, 1.82) is 0 Å². The van der Waals surface area contributed by atoms with E-state index in [2.05, 4.69) is 16.4 Å². The van der Waals surface area contributed by atoms with Crippen LogP contribution in [0.3, 0.4) is 0 Å². The summed E-state index contributed by atoms with van der Waals surface area (Å²) >= 11 is 0. The summed E-state index contributed by atoms with van der Waals surface area (Å²) < 4.78 is 16.0. The fourth-order valence-electron chi connectivity index (χ4n) is 2.25. The lowest BCUT2D eigenvalue weighted by Gasteiger charge is -2.19. The van der Waals surface area contributed by atoms with Gasteiger partial charge in [0.05, 0.1) is 26.1 Å². The second-order valence-electron chi connectivity index (χ2n) is 4.94. The molecule has 0 radical (unpaired) electrons. The average Bonchev–Trinajstić information content (AvgIpc) is 2.59. The molecule has 1 aliphatic rings. The van der Waals surface area contributed by atoms with Crippen molar-refractivity contribution in [2.75, 3.05) is 32.7 Å². The molecular formula is C17H18N2O3. The van der Waals surface area contributed by atoms with Crippen LogP contribution in [0.4, 0.5) is 5.69 Å². The number of methoxy groups -OCH3 is 2. The van der Waals surface area contributed by atoms with Crippen molar-refractivity contribution in [3.63, 3.8) is 0 Å². The number of nitrogens with one attached hydrogen (secondary N) is 1. The normalized spacial score (nSPS) is 12.7. The van der Waals surface area contributed by atoms with Crippen molar-refractivity contribution < 1.29 is 14.2 Å². The maximum absolute atomic E-state index is 5.76. The molecule has 0 amide bonds. The van der Waals surface area contributed by atoms with Crippen LogP contribution in [0.1, 0.15) is 5.56 Å². The standard InChI is InChI=1S/C17H18N2O3/c1-20-15-4-5-16-13(8-15)7-12(11-22-16)9-18-14-3-6-17(21-2)19-10-14/h3-8,10,18H,9,11H2,1-2H3. The second-order valence-corrected chi connectivity index (χ2v) is 4.94. The molecule has 0 saturated carbocycles. The van der Waals surface area contributed by atoms with Gasteiger partial charge in [-0.15, -0.1) is 0 Å². The third kappa shape index (κ3) is 3.14. The number of nitrogens with zero attached hydrogens (tertiary/aromatic N) is 1. The van der Waals surface area contributed by atoms with Gasteiger partial charge in [-0.1, -0.05) is 0 Å². The molecule has 22 heavy (non-hydrogen) atoms. The van der Waals surface area contributed by atoms with Crippen molar-refractivity contribution in [3.05, 3.63) is 47.7 Å². The number of aromatic nitrogens is 1. The minimum Gasteiger partial charge on any atom is -0.497 e. The van der Waals surface area contributed by atoms with E-state index in [1.54, 1.807) is 20.4 Å². The molecule has 0 fully saturated rings. The summed E-state index contributed by atoms with van der Waals surface area (Å²) in [5, 5.41) is 3.33. The molecule has 2 heterocycles. The number of benzene rings is 1. The molecule has 2 aromatic rings. The third-order valence-electron chi connectivity index (χ3n) is 3.45. The van der Waals surface area contributed by atoms with E-state index in [4.69, 9.17) is 14.2 Å². The van der Waals surface area contributed by atoms with E-state index in [0.717, 1.165) is 28.3 Å². The van der Waals surface area contributed by atoms with E-state index >= 15 is 0 Å². The molecule has 0 bridgehead atoms. The lowest BCUT2D eigenvalue weighted by Crippen LogP contribution is -2.15. The highest BCUT2D eigenvalue weighted by Crippen LogP contribution is 2.29. The number of rotatable bonds is 5. The van der Waals surface area contributed by atoms with E-state index in [9.17, 15) is 0 Å². The van der Waals surface area contributed by atoms with Crippen molar-refractivity contribution in [2.24, 2.45) is 0 Å². The Bertz CT molecular complexity index is 681. The summed E-state index contributed by atoms with van der Waals surface area (Å²) in [7, 11) is 3.26. The monoisotopic (exact) mass is 298 g/mol. The Morgan fingerprint density at radius 1 is 1.18 bits per heavy atom.